The molecule has 5 nitrogen and oxygen atoms in total. The van der Waals surface area contributed by atoms with Crippen molar-refractivity contribution in [3.8, 4) is 0 Å². The van der Waals surface area contributed by atoms with Crippen molar-refractivity contribution in [2.45, 2.75) is 22.3 Å². The van der Waals surface area contributed by atoms with E-state index in [2.05, 4.69) is 20.8 Å². The molecule has 2 heterocycles. The molecule has 168 valence electrons. The lowest BCUT2D eigenvalue weighted by Gasteiger charge is -2.31. The number of rotatable bonds is 5. The SMILES string of the molecule is O=C(/C=C/c1ccc(Sc2ccccc2Br)c(Cl)c1)N1CC(N2CCS(=O)CC2)CC1=O. The fraction of sp³-hybridized carbons (Fsp3) is 0.304. The number of benzene rings is 2. The standard InChI is InChI=1S/C23H22BrClN2O3S2/c24-18-3-1-2-4-20(18)31-21-7-5-16(13-19(21)25)6-8-22(28)27-15-17(14-23(27)29)26-9-11-32(30)12-10-26/h1-8,13,17H,9-12,14-15H2/b8-6+. The van der Waals surface area contributed by atoms with Gasteiger partial charge in [-0.15, -0.1) is 0 Å². The fourth-order valence-corrected chi connectivity index (χ4v) is 6.52. The van der Waals surface area contributed by atoms with E-state index in [1.54, 1.807) is 17.8 Å². The third-order valence-electron chi connectivity index (χ3n) is 5.53. The van der Waals surface area contributed by atoms with Crippen molar-refractivity contribution in [2.75, 3.05) is 31.1 Å². The van der Waals surface area contributed by atoms with Gasteiger partial charge in [0.1, 0.15) is 0 Å². The molecule has 0 aromatic heterocycles. The van der Waals surface area contributed by atoms with Gasteiger partial charge in [0, 0.05) is 74.7 Å². The molecule has 2 aliphatic heterocycles. The third-order valence-corrected chi connectivity index (χ3v) is 9.34. The summed E-state index contributed by atoms with van der Waals surface area (Å²) in [5.41, 5.74) is 0.793. The summed E-state index contributed by atoms with van der Waals surface area (Å²) >= 11 is 11.6. The van der Waals surface area contributed by atoms with Crippen LogP contribution in [0, 0.1) is 0 Å². The summed E-state index contributed by atoms with van der Waals surface area (Å²) in [6.07, 6.45) is 3.45. The molecule has 0 spiro atoms. The molecule has 2 amide bonds. The van der Waals surface area contributed by atoms with Gasteiger partial charge in [-0.3, -0.25) is 23.6 Å². The van der Waals surface area contributed by atoms with E-state index in [4.69, 9.17) is 11.6 Å². The van der Waals surface area contributed by atoms with Crippen molar-refractivity contribution in [1.82, 2.24) is 9.80 Å². The first-order chi connectivity index (χ1) is 15.4. The first kappa shape index (κ1) is 23.7. The van der Waals surface area contributed by atoms with Crippen molar-refractivity contribution >= 4 is 68.0 Å². The molecule has 2 aliphatic rings. The topological polar surface area (TPSA) is 57.7 Å². The van der Waals surface area contributed by atoms with E-state index in [0.29, 0.717) is 42.6 Å². The van der Waals surface area contributed by atoms with E-state index < -0.39 is 10.8 Å². The smallest absolute Gasteiger partial charge is 0.253 e. The maximum atomic E-state index is 12.6. The minimum absolute atomic E-state index is 0.0141. The predicted octanol–water partition coefficient (Wildman–Crippen LogP) is 4.46. The zero-order valence-electron chi connectivity index (χ0n) is 17.2. The molecule has 32 heavy (non-hydrogen) atoms. The lowest BCUT2D eigenvalue weighted by molar-refractivity contribution is -0.138. The van der Waals surface area contributed by atoms with Crippen LogP contribution in [0.1, 0.15) is 12.0 Å². The number of halogens is 2. The maximum Gasteiger partial charge on any atom is 0.253 e. The molecule has 0 aliphatic carbocycles. The monoisotopic (exact) mass is 552 g/mol. The number of hydrogen-bond acceptors (Lipinski definition) is 5. The van der Waals surface area contributed by atoms with Gasteiger partial charge in [-0.05, 0) is 51.8 Å². The Morgan fingerprint density at radius 3 is 2.62 bits per heavy atom. The highest BCUT2D eigenvalue weighted by Crippen LogP contribution is 2.37. The molecule has 2 saturated heterocycles. The summed E-state index contributed by atoms with van der Waals surface area (Å²) in [7, 11) is -0.761. The molecule has 0 bridgehead atoms. The minimum Gasteiger partial charge on any atom is -0.296 e. The van der Waals surface area contributed by atoms with Gasteiger partial charge in [0.15, 0.2) is 0 Å². The average molecular weight is 554 g/mol. The van der Waals surface area contributed by atoms with Gasteiger partial charge in [-0.2, -0.15) is 0 Å². The number of amides is 2. The lowest BCUT2D eigenvalue weighted by atomic mass is 10.2. The molecule has 2 fully saturated rings. The molecule has 0 saturated carbocycles. The molecule has 1 unspecified atom stereocenters. The van der Waals surface area contributed by atoms with Gasteiger partial charge >= 0.3 is 0 Å². The van der Waals surface area contributed by atoms with Crippen LogP contribution in [-0.2, 0) is 20.4 Å². The maximum absolute atomic E-state index is 12.6. The fourth-order valence-electron chi connectivity index (χ4n) is 3.77. The Kier molecular flexibility index (Phi) is 7.89. The number of likely N-dealkylation sites (tertiary alicyclic amines) is 1. The molecule has 0 N–H and O–H groups in total. The molecule has 0 radical (unpaired) electrons. The highest BCUT2D eigenvalue weighted by molar-refractivity contribution is 9.10. The third kappa shape index (κ3) is 5.72. The molecular formula is C23H22BrClN2O3S2. The van der Waals surface area contributed by atoms with Crippen LogP contribution in [0.4, 0.5) is 0 Å². The van der Waals surface area contributed by atoms with Gasteiger partial charge in [-0.25, -0.2) is 0 Å². The second kappa shape index (κ2) is 10.7. The number of nitrogens with zero attached hydrogens (tertiary/aromatic N) is 2. The van der Waals surface area contributed by atoms with Crippen LogP contribution in [0.2, 0.25) is 5.02 Å². The summed E-state index contributed by atoms with van der Waals surface area (Å²) in [6, 6.07) is 13.6. The van der Waals surface area contributed by atoms with Crippen LogP contribution >= 0.6 is 39.3 Å². The molecule has 9 heteroatoms. The van der Waals surface area contributed by atoms with Crippen molar-refractivity contribution in [1.29, 1.82) is 0 Å². The van der Waals surface area contributed by atoms with E-state index in [-0.39, 0.29) is 17.9 Å². The average Bonchev–Trinajstić information content (AvgIpc) is 3.17. The second-order valence-electron chi connectivity index (χ2n) is 7.64. The first-order valence-electron chi connectivity index (χ1n) is 10.2. The highest BCUT2D eigenvalue weighted by Gasteiger charge is 2.37. The summed E-state index contributed by atoms with van der Waals surface area (Å²) in [4.78, 5) is 30.5. The van der Waals surface area contributed by atoms with E-state index in [0.717, 1.165) is 19.8 Å². The van der Waals surface area contributed by atoms with Crippen LogP contribution in [-0.4, -0.2) is 63.0 Å². The van der Waals surface area contributed by atoms with Crippen molar-refractivity contribution in [3.63, 3.8) is 0 Å². The number of carbonyl (C=O) groups excluding carboxylic acids is 2. The van der Waals surface area contributed by atoms with E-state index in [1.165, 1.54) is 11.0 Å². The quantitative estimate of drug-likeness (QED) is 0.512. The Balaban J connectivity index is 1.38. The highest BCUT2D eigenvalue weighted by atomic mass is 79.9. The minimum atomic E-state index is -0.761. The number of imide groups is 1. The Morgan fingerprint density at radius 2 is 1.91 bits per heavy atom. The van der Waals surface area contributed by atoms with Crippen LogP contribution in [0.25, 0.3) is 6.08 Å². The summed E-state index contributed by atoms with van der Waals surface area (Å²) in [5, 5.41) is 0.597. The number of carbonyl (C=O) groups is 2. The molecule has 2 aromatic rings. The molecule has 4 rings (SSSR count). The normalized spacial score (nSPS) is 20.4. The second-order valence-corrected chi connectivity index (χ2v) is 11.7. The number of hydrogen-bond donors (Lipinski definition) is 0. The van der Waals surface area contributed by atoms with Gasteiger partial charge in [0.2, 0.25) is 5.91 Å². The van der Waals surface area contributed by atoms with Crippen LogP contribution < -0.4 is 0 Å². The largest absolute Gasteiger partial charge is 0.296 e. The zero-order chi connectivity index (χ0) is 22.7. The van der Waals surface area contributed by atoms with Gasteiger partial charge in [0.25, 0.3) is 5.91 Å². The Labute approximate surface area is 207 Å². The summed E-state index contributed by atoms with van der Waals surface area (Å²) in [6.45, 7) is 1.81. The Morgan fingerprint density at radius 1 is 1.16 bits per heavy atom. The van der Waals surface area contributed by atoms with Crippen molar-refractivity contribution < 1.29 is 13.8 Å². The Bertz CT molecular complexity index is 1080. The van der Waals surface area contributed by atoms with Crippen LogP contribution in [0.5, 0.6) is 0 Å². The first-order valence-corrected chi connectivity index (χ1v) is 13.7. The van der Waals surface area contributed by atoms with E-state index in [9.17, 15) is 13.8 Å². The summed E-state index contributed by atoms with van der Waals surface area (Å²) < 4.78 is 12.6. The molecule has 1 atom stereocenters. The summed E-state index contributed by atoms with van der Waals surface area (Å²) in [5.74, 6) is 0.791. The van der Waals surface area contributed by atoms with Gasteiger partial charge < -0.3 is 0 Å². The lowest BCUT2D eigenvalue weighted by Crippen LogP contribution is -2.45. The molecular weight excluding hydrogens is 532 g/mol. The molecule has 2 aromatic carbocycles. The zero-order valence-corrected chi connectivity index (χ0v) is 21.2. The van der Waals surface area contributed by atoms with Crippen molar-refractivity contribution in [3.05, 3.63) is 63.6 Å². The van der Waals surface area contributed by atoms with Gasteiger partial charge in [-0.1, -0.05) is 41.6 Å². The van der Waals surface area contributed by atoms with Crippen molar-refractivity contribution in [2.24, 2.45) is 0 Å². The van der Waals surface area contributed by atoms with E-state index in [1.807, 2.05) is 42.5 Å². The van der Waals surface area contributed by atoms with Crippen LogP contribution in [0.15, 0.2) is 62.8 Å². The Hall–Kier alpha value is -1.45. The van der Waals surface area contributed by atoms with Gasteiger partial charge in [0.05, 0.1) is 5.02 Å². The predicted molar refractivity (Wildman–Crippen MR) is 133 cm³/mol. The van der Waals surface area contributed by atoms with E-state index >= 15 is 0 Å². The van der Waals surface area contributed by atoms with Crippen LogP contribution in [0.3, 0.4) is 0 Å².